The van der Waals surface area contributed by atoms with Crippen LogP contribution in [0.25, 0.3) is 0 Å². The molecule has 1 amide bonds. The van der Waals surface area contributed by atoms with Gasteiger partial charge in [0.05, 0.1) is 5.69 Å². The molecule has 1 aromatic heterocycles. The Kier molecular flexibility index (Phi) is 3.64. The van der Waals surface area contributed by atoms with E-state index in [2.05, 4.69) is 4.98 Å². The molecule has 3 nitrogen and oxygen atoms in total. The Morgan fingerprint density at radius 3 is 2.44 bits per heavy atom. The normalized spacial score (nSPS) is 11.4. The molecule has 0 aromatic carbocycles. The summed E-state index contributed by atoms with van der Waals surface area (Å²) in [5.41, 5.74) is 0.0935. The second kappa shape index (κ2) is 4.47. The van der Waals surface area contributed by atoms with E-state index in [0.717, 1.165) is 0 Å². The molecule has 1 rings (SSSR count). The van der Waals surface area contributed by atoms with Gasteiger partial charge < -0.3 is 5.32 Å². The molecule has 16 heavy (non-hydrogen) atoms. The highest BCUT2D eigenvalue weighted by Crippen LogP contribution is 2.28. The summed E-state index contributed by atoms with van der Waals surface area (Å²) < 4.78 is 35.9. The van der Waals surface area contributed by atoms with Crippen molar-refractivity contribution >= 4 is 34.8 Å². The van der Waals surface area contributed by atoms with Crippen molar-refractivity contribution in [2.75, 3.05) is 5.32 Å². The number of halogens is 5. The van der Waals surface area contributed by atoms with Crippen LogP contribution in [0.15, 0.2) is 6.07 Å². The minimum absolute atomic E-state index is 0.0347. The molecular weight excluding hydrogens is 268 g/mol. The molecule has 0 saturated carbocycles. The molecule has 0 aliphatic carbocycles. The average Bonchev–Trinajstić information content (AvgIpc) is 2.08. The largest absolute Gasteiger partial charge is 0.471 e. The predicted molar refractivity (Wildman–Crippen MR) is 53.7 cm³/mol. The van der Waals surface area contributed by atoms with Crippen molar-refractivity contribution in [3.63, 3.8) is 0 Å². The molecule has 1 heterocycles. The van der Waals surface area contributed by atoms with Gasteiger partial charge in [0.25, 0.3) is 0 Å². The molecular formula is C8H5Cl2F3N2O. The lowest BCUT2D eigenvalue weighted by molar-refractivity contribution is -0.167. The van der Waals surface area contributed by atoms with Crippen LogP contribution in [0.2, 0.25) is 10.3 Å². The van der Waals surface area contributed by atoms with Crippen molar-refractivity contribution in [3.8, 4) is 0 Å². The first kappa shape index (κ1) is 13.1. The van der Waals surface area contributed by atoms with Gasteiger partial charge in [-0.2, -0.15) is 13.2 Å². The Bertz CT molecular complexity index is 411. The van der Waals surface area contributed by atoms with Crippen molar-refractivity contribution in [1.82, 2.24) is 4.98 Å². The number of aryl methyl sites for hydroxylation is 1. The summed E-state index contributed by atoms with van der Waals surface area (Å²) >= 11 is 11.1. The summed E-state index contributed by atoms with van der Waals surface area (Å²) in [6, 6.07) is 1.29. The number of aromatic nitrogens is 1. The third-order valence-electron chi connectivity index (χ3n) is 1.64. The van der Waals surface area contributed by atoms with E-state index in [1.165, 1.54) is 13.0 Å². The van der Waals surface area contributed by atoms with Crippen LogP contribution < -0.4 is 5.32 Å². The molecule has 0 spiro atoms. The van der Waals surface area contributed by atoms with Gasteiger partial charge in [0, 0.05) is 0 Å². The lowest BCUT2D eigenvalue weighted by Gasteiger charge is -2.11. The molecule has 0 radical (unpaired) electrons. The summed E-state index contributed by atoms with van der Waals surface area (Å²) in [4.78, 5) is 14.2. The van der Waals surface area contributed by atoms with Crippen LogP contribution in [0.1, 0.15) is 5.56 Å². The summed E-state index contributed by atoms with van der Waals surface area (Å²) in [6.45, 7) is 1.45. The van der Waals surface area contributed by atoms with Crippen molar-refractivity contribution in [3.05, 3.63) is 21.9 Å². The van der Waals surface area contributed by atoms with Gasteiger partial charge in [-0.15, -0.1) is 0 Å². The van der Waals surface area contributed by atoms with Crippen molar-refractivity contribution in [2.45, 2.75) is 13.1 Å². The molecule has 0 bridgehead atoms. The number of nitrogens with zero attached hydrogens (tertiary/aromatic N) is 1. The van der Waals surface area contributed by atoms with Gasteiger partial charge in [-0.1, -0.05) is 23.2 Å². The van der Waals surface area contributed by atoms with Gasteiger partial charge in [-0.05, 0) is 18.6 Å². The highest BCUT2D eigenvalue weighted by atomic mass is 35.5. The van der Waals surface area contributed by atoms with Gasteiger partial charge in [0.15, 0.2) is 5.15 Å². The quantitative estimate of drug-likeness (QED) is 0.798. The van der Waals surface area contributed by atoms with Gasteiger partial charge in [-0.3, -0.25) is 4.79 Å². The second-order valence-corrected chi connectivity index (χ2v) is 3.62. The molecule has 8 heteroatoms. The topological polar surface area (TPSA) is 42.0 Å². The fraction of sp³-hybridized carbons (Fsp3) is 0.250. The molecule has 0 aliphatic rings. The maximum Gasteiger partial charge on any atom is 0.471 e. The molecule has 0 atom stereocenters. The number of amides is 1. The van der Waals surface area contributed by atoms with Gasteiger partial charge in [0.2, 0.25) is 0 Å². The zero-order chi connectivity index (χ0) is 12.5. The van der Waals surface area contributed by atoms with Crippen LogP contribution >= 0.6 is 23.2 Å². The summed E-state index contributed by atoms with van der Waals surface area (Å²) in [7, 11) is 0. The zero-order valence-corrected chi connectivity index (χ0v) is 9.33. The molecule has 88 valence electrons. The standard InChI is InChI=1S/C8H5Cl2F3N2O/c1-3-2-4(9)14-6(10)5(3)15-7(16)8(11,12)13/h2H,1H3,(H,15,16). The highest BCUT2D eigenvalue weighted by molar-refractivity contribution is 6.34. The van der Waals surface area contributed by atoms with Crippen molar-refractivity contribution in [1.29, 1.82) is 0 Å². The number of rotatable bonds is 1. The number of pyridine rings is 1. The maximum absolute atomic E-state index is 12.0. The van der Waals surface area contributed by atoms with E-state index in [1.807, 2.05) is 0 Å². The number of carbonyl (C=O) groups excluding carboxylic acids is 1. The first-order chi connectivity index (χ1) is 7.21. The number of alkyl halides is 3. The zero-order valence-electron chi connectivity index (χ0n) is 7.82. The van der Waals surface area contributed by atoms with Crippen LogP contribution in [0.4, 0.5) is 18.9 Å². The minimum atomic E-state index is -4.98. The third-order valence-corrected chi connectivity index (χ3v) is 2.10. The molecule has 1 aromatic rings. The number of hydrogen-bond donors (Lipinski definition) is 1. The fourth-order valence-corrected chi connectivity index (χ4v) is 1.51. The van der Waals surface area contributed by atoms with Crippen LogP contribution in [0, 0.1) is 6.92 Å². The first-order valence-corrected chi connectivity index (χ1v) is 4.68. The smallest absolute Gasteiger partial charge is 0.315 e. The summed E-state index contributed by atoms with van der Waals surface area (Å²) in [5.74, 6) is -2.11. The van der Waals surface area contributed by atoms with Crippen molar-refractivity contribution < 1.29 is 18.0 Å². The third kappa shape index (κ3) is 2.99. The van der Waals surface area contributed by atoms with E-state index >= 15 is 0 Å². The van der Waals surface area contributed by atoms with Gasteiger partial charge in [0.1, 0.15) is 5.15 Å². The Morgan fingerprint density at radius 1 is 1.44 bits per heavy atom. The van der Waals surface area contributed by atoms with Crippen LogP contribution in [0.5, 0.6) is 0 Å². The van der Waals surface area contributed by atoms with E-state index in [1.54, 1.807) is 5.32 Å². The molecule has 0 saturated heterocycles. The Morgan fingerprint density at radius 2 is 2.00 bits per heavy atom. The van der Waals surface area contributed by atoms with Crippen LogP contribution in [0.3, 0.4) is 0 Å². The van der Waals surface area contributed by atoms with Crippen LogP contribution in [-0.2, 0) is 4.79 Å². The lowest BCUT2D eigenvalue weighted by atomic mass is 10.2. The summed E-state index contributed by atoms with van der Waals surface area (Å²) in [5, 5.41) is 1.37. The second-order valence-electron chi connectivity index (χ2n) is 2.88. The average molecular weight is 273 g/mol. The Balaban J connectivity index is 3.03. The van der Waals surface area contributed by atoms with E-state index in [-0.39, 0.29) is 16.0 Å². The Labute approximate surface area is 98.6 Å². The van der Waals surface area contributed by atoms with E-state index in [0.29, 0.717) is 5.56 Å². The molecule has 1 N–H and O–H groups in total. The maximum atomic E-state index is 12.0. The minimum Gasteiger partial charge on any atom is -0.315 e. The molecule has 0 aliphatic heterocycles. The molecule has 0 unspecified atom stereocenters. The van der Waals surface area contributed by atoms with E-state index < -0.39 is 12.1 Å². The number of anilines is 1. The number of nitrogens with one attached hydrogen (secondary N) is 1. The van der Waals surface area contributed by atoms with Crippen molar-refractivity contribution in [2.24, 2.45) is 0 Å². The Hall–Kier alpha value is -1.01. The monoisotopic (exact) mass is 272 g/mol. The first-order valence-electron chi connectivity index (χ1n) is 3.92. The predicted octanol–water partition coefficient (Wildman–Crippen LogP) is 3.20. The van der Waals surface area contributed by atoms with Crippen LogP contribution in [-0.4, -0.2) is 17.1 Å². The van der Waals surface area contributed by atoms with Gasteiger partial charge in [-0.25, -0.2) is 4.98 Å². The SMILES string of the molecule is Cc1cc(Cl)nc(Cl)c1NC(=O)C(F)(F)F. The van der Waals surface area contributed by atoms with E-state index in [9.17, 15) is 18.0 Å². The number of hydrogen-bond acceptors (Lipinski definition) is 2. The molecule has 0 fully saturated rings. The van der Waals surface area contributed by atoms with Gasteiger partial charge >= 0.3 is 12.1 Å². The lowest BCUT2D eigenvalue weighted by Crippen LogP contribution is -2.30. The number of carbonyl (C=O) groups is 1. The summed E-state index contributed by atoms with van der Waals surface area (Å²) in [6.07, 6.45) is -4.98. The fourth-order valence-electron chi connectivity index (χ4n) is 0.930. The van der Waals surface area contributed by atoms with E-state index in [4.69, 9.17) is 23.2 Å². The highest BCUT2D eigenvalue weighted by Gasteiger charge is 2.39.